The third-order valence-corrected chi connectivity index (χ3v) is 2.74. The van der Waals surface area contributed by atoms with Gasteiger partial charge in [-0.3, -0.25) is 9.59 Å². The lowest BCUT2D eigenvalue weighted by Gasteiger charge is -2.32. The van der Waals surface area contributed by atoms with Gasteiger partial charge in [0.2, 0.25) is 11.8 Å². The molecule has 1 aromatic heterocycles. The monoisotopic (exact) mass is 281 g/mol. The summed E-state index contributed by atoms with van der Waals surface area (Å²) in [7, 11) is 0. The lowest BCUT2D eigenvalue weighted by molar-refractivity contribution is -0.143. The van der Waals surface area contributed by atoms with Crippen molar-refractivity contribution in [3.63, 3.8) is 0 Å². The Kier molecular flexibility index (Phi) is 4.92. The summed E-state index contributed by atoms with van der Waals surface area (Å²) < 4.78 is 4.87. The maximum atomic E-state index is 12.3. The molecule has 20 heavy (non-hydrogen) atoms. The van der Waals surface area contributed by atoms with Gasteiger partial charge in [-0.15, -0.1) is 0 Å². The molecule has 1 aromatic rings. The van der Waals surface area contributed by atoms with Crippen LogP contribution in [0.4, 0.5) is 5.82 Å². The molecule has 0 saturated carbocycles. The summed E-state index contributed by atoms with van der Waals surface area (Å²) in [4.78, 5) is 25.8. The standard InChI is InChI=1S/C14H23N3O3/c1-9(2)17(13(19)14(4,5)6)8-12(18)15-11-7-10(3)20-16-11/h7,9H,8H2,1-6H3,(H,15,16,18). The summed E-state index contributed by atoms with van der Waals surface area (Å²) in [5.41, 5.74) is -0.519. The molecule has 1 N–H and O–H groups in total. The van der Waals surface area contributed by atoms with Crippen molar-refractivity contribution in [2.75, 3.05) is 11.9 Å². The van der Waals surface area contributed by atoms with Gasteiger partial charge in [0, 0.05) is 17.5 Å². The number of aromatic nitrogens is 1. The third kappa shape index (κ3) is 4.36. The van der Waals surface area contributed by atoms with E-state index in [1.54, 1.807) is 17.9 Å². The van der Waals surface area contributed by atoms with E-state index in [1.165, 1.54) is 0 Å². The van der Waals surface area contributed by atoms with Crippen LogP contribution in [0.5, 0.6) is 0 Å². The number of nitrogens with one attached hydrogen (secondary N) is 1. The van der Waals surface area contributed by atoms with Gasteiger partial charge in [-0.1, -0.05) is 25.9 Å². The Hall–Kier alpha value is -1.85. The van der Waals surface area contributed by atoms with Crippen LogP contribution in [0, 0.1) is 12.3 Å². The van der Waals surface area contributed by atoms with E-state index in [0.29, 0.717) is 11.6 Å². The average Bonchev–Trinajstić information content (AvgIpc) is 2.69. The fourth-order valence-corrected chi connectivity index (χ4v) is 1.68. The van der Waals surface area contributed by atoms with Gasteiger partial charge in [-0.05, 0) is 20.8 Å². The first-order valence-electron chi connectivity index (χ1n) is 6.65. The Morgan fingerprint density at radius 3 is 2.40 bits per heavy atom. The molecule has 6 heteroatoms. The zero-order valence-corrected chi connectivity index (χ0v) is 13.0. The van der Waals surface area contributed by atoms with Crippen LogP contribution >= 0.6 is 0 Å². The summed E-state index contributed by atoms with van der Waals surface area (Å²) in [6.45, 7) is 11.0. The number of nitrogens with zero attached hydrogens (tertiary/aromatic N) is 2. The second kappa shape index (κ2) is 6.07. The Balaban J connectivity index is 2.71. The zero-order valence-electron chi connectivity index (χ0n) is 13.0. The van der Waals surface area contributed by atoms with Crippen molar-refractivity contribution < 1.29 is 14.1 Å². The lowest BCUT2D eigenvalue weighted by Crippen LogP contribution is -2.47. The molecule has 112 valence electrons. The van der Waals surface area contributed by atoms with E-state index in [-0.39, 0.29) is 24.4 Å². The minimum absolute atomic E-state index is 0.000320. The molecule has 1 heterocycles. The number of aryl methyl sites for hydroxylation is 1. The van der Waals surface area contributed by atoms with Gasteiger partial charge in [0.05, 0.1) is 0 Å². The van der Waals surface area contributed by atoms with Gasteiger partial charge in [-0.2, -0.15) is 0 Å². The molecule has 0 aromatic carbocycles. The number of carbonyl (C=O) groups excluding carboxylic acids is 2. The molecule has 0 aliphatic rings. The lowest BCUT2D eigenvalue weighted by atomic mass is 9.94. The van der Waals surface area contributed by atoms with Gasteiger partial charge >= 0.3 is 0 Å². The van der Waals surface area contributed by atoms with Crippen molar-refractivity contribution >= 4 is 17.6 Å². The average molecular weight is 281 g/mol. The topological polar surface area (TPSA) is 75.4 Å². The zero-order chi connectivity index (χ0) is 15.5. The van der Waals surface area contributed by atoms with Crippen LogP contribution in [-0.2, 0) is 9.59 Å². The van der Waals surface area contributed by atoms with Crippen LogP contribution in [0.2, 0.25) is 0 Å². The maximum Gasteiger partial charge on any atom is 0.245 e. The molecule has 0 aliphatic carbocycles. The predicted octanol–water partition coefficient (Wildman–Crippen LogP) is 2.20. The molecule has 0 aliphatic heterocycles. The predicted molar refractivity (Wildman–Crippen MR) is 76.2 cm³/mol. The normalized spacial score (nSPS) is 11.6. The number of rotatable bonds is 4. The summed E-state index contributed by atoms with van der Waals surface area (Å²) in [6, 6.07) is 1.58. The molecule has 1 rings (SSSR count). The van der Waals surface area contributed by atoms with E-state index in [0.717, 1.165) is 0 Å². The number of hydrogen-bond acceptors (Lipinski definition) is 4. The third-order valence-electron chi connectivity index (χ3n) is 2.74. The van der Waals surface area contributed by atoms with Crippen LogP contribution in [0.15, 0.2) is 10.6 Å². The van der Waals surface area contributed by atoms with E-state index in [4.69, 9.17) is 4.52 Å². The van der Waals surface area contributed by atoms with E-state index in [2.05, 4.69) is 10.5 Å². The van der Waals surface area contributed by atoms with Crippen LogP contribution in [-0.4, -0.2) is 34.5 Å². The van der Waals surface area contributed by atoms with Crippen molar-refractivity contribution in [1.29, 1.82) is 0 Å². The molecule has 0 bridgehead atoms. The quantitative estimate of drug-likeness (QED) is 0.918. The number of anilines is 1. The van der Waals surface area contributed by atoms with Crippen LogP contribution < -0.4 is 5.32 Å². The minimum atomic E-state index is -0.519. The fraction of sp³-hybridized carbons (Fsp3) is 0.643. The number of hydrogen-bond donors (Lipinski definition) is 1. The highest BCUT2D eigenvalue weighted by Crippen LogP contribution is 2.19. The van der Waals surface area contributed by atoms with Crippen LogP contribution in [0.25, 0.3) is 0 Å². The first-order valence-corrected chi connectivity index (χ1v) is 6.65. The van der Waals surface area contributed by atoms with Crippen LogP contribution in [0.1, 0.15) is 40.4 Å². The summed E-state index contributed by atoms with van der Waals surface area (Å²) >= 11 is 0. The molecule has 0 radical (unpaired) electrons. The Labute approximate surface area is 119 Å². The molecule has 0 fully saturated rings. The molecule has 2 amide bonds. The SMILES string of the molecule is Cc1cc(NC(=O)CN(C(=O)C(C)(C)C)C(C)C)no1. The highest BCUT2D eigenvalue weighted by atomic mass is 16.5. The first kappa shape index (κ1) is 16.2. The number of carbonyl (C=O) groups is 2. The van der Waals surface area contributed by atoms with Gasteiger partial charge in [-0.25, -0.2) is 0 Å². The summed E-state index contributed by atoms with van der Waals surface area (Å²) in [5, 5.41) is 6.31. The molecular weight excluding hydrogens is 258 g/mol. The first-order chi connectivity index (χ1) is 9.11. The highest BCUT2D eigenvalue weighted by molar-refractivity contribution is 5.94. The molecule has 0 saturated heterocycles. The smallest absolute Gasteiger partial charge is 0.245 e. The van der Waals surface area contributed by atoms with Crippen molar-refractivity contribution in [3.8, 4) is 0 Å². The summed E-state index contributed by atoms with van der Waals surface area (Å²) in [5.74, 6) is 0.634. The molecule has 0 spiro atoms. The van der Waals surface area contributed by atoms with E-state index < -0.39 is 5.41 Å². The second-order valence-corrected chi connectivity index (χ2v) is 6.15. The molecule has 0 atom stereocenters. The largest absolute Gasteiger partial charge is 0.360 e. The van der Waals surface area contributed by atoms with E-state index >= 15 is 0 Å². The number of amides is 2. The van der Waals surface area contributed by atoms with Crippen molar-refractivity contribution in [1.82, 2.24) is 10.1 Å². The van der Waals surface area contributed by atoms with Gasteiger partial charge < -0.3 is 14.7 Å². The van der Waals surface area contributed by atoms with Crippen molar-refractivity contribution in [3.05, 3.63) is 11.8 Å². The Bertz CT molecular complexity index is 486. The molecule has 0 unspecified atom stereocenters. The fourth-order valence-electron chi connectivity index (χ4n) is 1.68. The van der Waals surface area contributed by atoms with Gasteiger partial charge in [0.1, 0.15) is 12.3 Å². The Morgan fingerprint density at radius 1 is 1.40 bits per heavy atom. The van der Waals surface area contributed by atoms with Crippen LogP contribution in [0.3, 0.4) is 0 Å². The highest BCUT2D eigenvalue weighted by Gasteiger charge is 2.30. The molecule has 6 nitrogen and oxygen atoms in total. The minimum Gasteiger partial charge on any atom is -0.360 e. The maximum absolute atomic E-state index is 12.3. The molecular formula is C14H23N3O3. The Morgan fingerprint density at radius 2 is 2.00 bits per heavy atom. The van der Waals surface area contributed by atoms with Gasteiger partial charge in [0.25, 0.3) is 0 Å². The van der Waals surface area contributed by atoms with Crippen molar-refractivity contribution in [2.45, 2.75) is 47.6 Å². The summed E-state index contributed by atoms with van der Waals surface area (Å²) in [6.07, 6.45) is 0. The van der Waals surface area contributed by atoms with E-state index in [9.17, 15) is 9.59 Å². The second-order valence-electron chi connectivity index (χ2n) is 6.15. The van der Waals surface area contributed by atoms with Crippen molar-refractivity contribution in [2.24, 2.45) is 5.41 Å². The van der Waals surface area contributed by atoms with Gasteiger partial charge in [0.15, 0.2) is 5.82 Å². The van der Waals surface area contributed by atoms with E-state index in [1.807, 2.05) is 34.6 Å².